The van der Waals surface area contributed by atoms with E-state index < -0.39 is 10.0 Å². The number of benzene rings is 1. The monoisotopic (exact) mass is 381 g/mol. The molecule has 1 fully saturated rings. The summed E-state index contributed by atoms with van der Waals surface area (Å²) < 4.78 is 28.3. The smallest absolute Gasteiger partial charge is 0.251 e. The topological polar surface area (TPSA) is 101 Å². The van der Waals surface area contributed by atoms with Gasteiger partial charge in [0.05, 0.1) is 4.90 Å². The average molecular weight is 382 g/mol. The molecular formula is C19H31N3O3S. The van der Waals surface area contributed by atoms with E-state index >= 15 is 0 Å². The number of hydrogen-bond acceptors (Lipinski definition) is 4. The second-order valence-corrected chi connectivity index (χ2v) is 8.81. The van der Waals surface area contributed by atoms with Gasteiger partial charge in [-0.05, 0) is 43.9 Å². The fourth-order valence-electron chi connectivity index (χ4n) is 3.33. The van der Waals surface area contributed by atoms with Crippen LogP contribution >= 0.6 is 0 Å². The summed E-state index contributed by atoms with van der Waals surface area (Å²) in [4.78, 5) is 12.7. The Hall–Kier alpha value is -1.44. The second-order valence-electron chi connectivity index (χ2n) is 7.13. The van der Waals surface area contributed by atoms with E-state index in [1.54, 1.807) is 19.1 Å². The predicted octanol–water partition coefficient (Wildman–Crippen LogP) is 2.46. The molecule has 26 heavy (non-hydrogen) atoms. The van der Waals surface area contributed by atoms with Crippen molar-refractivity contribution in [3.05, 3.63) is 29.3 Å². The molecule has 0 heterocycles. The molecule has 4 N–H and O–H groups in total. The molecule has 1 aromatic rings. The summed E-state index contributed by atoms with van der Waals surface area (Å²) in [5, 5.41) is 2.91. The lowest BCUT2D eigenvalue weighted by molar-refractivity contribution is 0.0935. The van der Waals surface area contributed by atoms with E-state index in [0.29, 0.717) is 17.7 Å². The molecule has 0 aliphatic heterocycles. The highest BCUT2D eigenvalue weighted by molar-refractivity contribution is 7.89. The van der Waals surface area contributed by atoms with E-state index in [-0.39, 0.29) is 22.9 Å². The van der Waals surface area contributed by atoms with Crippen molar-refractivity contribution in [1.29, 1.82) is 0 Å². The zero-order valence-corrected chi connectivity index (χ0v) is 16.6. The number of aryl methyl sites for hydroxylation is 1. The van der Waals surface area contributed by atoms with Crippen LogP contribution in [0.25, 0.3) is 0 Å². The molecular weight excluding hydrogens is 350 g/mol. The number of unbranched alkanes of at least 4 members (excludes halogenated alkanes) is 1. The minimum absolute atomic E-state index is 0.00690. The van der Waals surface area contributed by atoms with Crippen LogP contribution in [0.2, 0.25) is 0 Å². The van der Waals surface area contributed by atoms with E-state index in [9.17, 15) is 13.2 Å². The highest BCUT2D eigenvalue weighted by atomic mass is 32.2. The summed E-state index contributed by atoms with van der Waals surface area (Å²) in [6, 6.07) is 4.71. The van der Waals surface area contributed by atoms with Crippen LogP contribution in [0.3, 0.4) is 0 Å². The minimum atomic E-state index is -3.63. The highest BCUT2D eigenvalue weighted by Gasteiger charge is 2.25. The molecule has 0 bridgehead atoms. The Bertz CT molecular complexity index is 713. The quantitative estimate of drug-likeness (QED) is 0.611. The molecule has 0 aromatic heterocycles. The maximum absolute atomic E-state index is 12.7. The molecule has 7 heteroatoms. The van der Waals surface area contributed by atoms with Gasteiger partial charge in [-0.2, -0.15) is 0 Å². The molecule has 1 aliphatic rings. The van der Waals surface area contributed by atoms with Crippen LogP contribution in [0.4, 0.5) is 0 Å². The fraction of sp³-hybridized carbons (Fsp3) is 0.632. The number of carbonyl (C=O) groups excluding carboxylic acids is 1. The van der Waals surface area contributed by atoms with Crippen molar-refractivity contribution in [2.24, 2.45) is 5.73 Å². The summed E-state index contributed by atoms with van der Waals surface area (Å²) in [5.41, 5.74) is 6.71. The largest absolute Gasteiger partial charge is 0.348 e. The molecule has 1 atom stereocenters. The molecule has 1 amide bonds. The van der Waals surface area contributed by atoms with Crippen LogP contribution in [0.1, 0.15) is 67.8 Å². The number of rotatable bonds is 9. The first-order chi connectivity index (χ1) is 12.4. The molecule has 1 saturated carbocycles. The molecule has 1 unspecified atom stereocenters. The van der Waals surface area contributed by atoms with Crippen LogP contribution in [0.5, 0.6) is 0 Å². The Morgan fingerprint density at radius 2 is 2.00 bits per heavy atom. The van der Waals surface area contributed by atoms with Gasteiger partial charge >= 0.3 is 0 Å². The van der Waals surface area contributed by atoms with Crippen molar-refractivity contribution >= 4 is 15.9 Å². The van der Waals surface area contributed by atoms with Crippen LogP contribution < -0.4 is 15.8 Å². The second kappa shape index (κ2) is 9.48. The third kappa shape index (κ3) is 5.53. The van der Waals surface area contributed by atoms with Crippen LogP contribution in [0, 0.1) is 6.92 Å². The van der Waals surface area contributed by atoms with E-state index in [4.69, 9.17) is 5.73 Å². The van der Waals surface area contributed by atoms with Crippen molar-refractivity contribution < 1.29 is 13.2 Å². The van der Waals surface area contributed by atoms with Crippen LogP contribution in [-0.2, 0) is 10.0 Å². The zero-order chi connectivity index (χ0) is 19.2. The summed E-state index contributed by atoms with van der Waals surface area (Å²) in [6.07, 6.45) is 6.67. The van der Waals surface area contributed by atoms with Crippen LogP contribution in [0.15, 0.2) is 23.1 Å². The average Bonchev–Trinajstić information content (AvgIpc) is 3.10. The van der Waals surface area contributed by atoms with Gasteiger partial charge in [-0.3, -0.25) is 4.79 Å². The lowest BCUT2D eigenvalue weighted by Crippen LogP contribution is -2.40. The van der Waals surface area contributed by atoms with E-state index in [2.05, 4.69) is 17.0 Å². The van der Waals surface area contributed by atoms with E-state index in [0.717, 1.165) is 44.9 Å². The summed E-state index contributed by atoms with van der Waals surface area (Å²) in [5.74, 6) is -0.283. The normalized spacial score (nSPS) is 16.6. The maximum Gasteiger partial charge on any atom is 0.251 e. The lowest BCUT2D eigenvalue weighted by Gasteiger charge is -2.18. The Morgan fingerprint density at radius 1 is 1.31 bits per heavy atom. The van der Waals surface area contributed by atoms with E-state index in [1.807, 2.05) is 0 Å². The number of nitrogens with one attached hydrogen (secondary N) is 2. The maximum atomic E-state index is 12.7. The van der Waals surface area contributed by atoms with Crippen molar-refractivity contribution in [1.82, 2.24) is 10.0 Å². The van der Waals surface area contributed by atoms with Gasteiger partial charge in [0.15, 0.2) is 0 Å². The first-order valence-electron chi connectivity index (χ1n) is 9.51. The minimum Gasteiger partial charge on any atom is -0.348 e. The van der Waals surface area contributed by atoms with Gasteiger partial charge in [0.1, 0.15) is 0 Å². The lowest BCUT2D eigenvalue weighted by atomic mass is 10.1. The Morgan fingerprint density at radius 3 is 2.62 bits per heavy atom. The molecule has 2 rings (SSSR count). The number of amides is 1. The van der Waals surface area contributed by atoms with Gasteiger partial charge in [-0.1, -0.05) is 38.7 Å². The van der Waals surface area contributed by atoms with Gasteiger partial charge in [-0.15, -0.1) is 0 Å². The molecule has 0 saturated heterocycles. The summed E-state index contributed by atoms with van der Waals surface area (Å²) >= 11 is 0. The number of carbonyl (C=O) groups is 1. The molecule has 1 aromatic carbocycles. The fourth-order valence-corrected chi connectivity index (χ4v) is 4.90. The molecule has 1 aliphatic carbocycles. The first kappa shape index (κ1) is 20.9. The Labute approximate surface area is 157 Å². The van der Waals surface area contributed by atoms with Crippen molar-refractivity contribution in [3.8, 4) is 0 Å². The van der Waals surface area contributed by atoms with Crippen molar-refractivity contribution in [2.45, 2.75) is 75.8 Å². The van der Waals surface area contributed by atoms with Crippen molar-refractivity contribution in [2.75, 3.05) is 6.54 Å². The predicted molar refractivity (Wildman–Crippen MR) is 104 cm³/mol. The molecule has 6 nitrogen and oxygen atoms in total. The van der Waals surface area contributed by atoms with Gasteiger partial charge < -0.3 is 11.1 Å². The number of nitrogens with two attached hydrogens (primary N) is 1. The third-order valence-electron chi connectivity index (χ3n) is 4.94. The SMILES string of the molecule is CCCCC(CN)NC(=O)c1ccc(C)c(S(=O)(=O)NC2CCCC2)c1. The molecule has 0 radical (unpaired) electrons. The Balaban J connectivity index is 2.16. The zero-order valence-electron chi connectivity index (χ0n) is 15.8. The van der Waals surface area contributed by atoms with Gasteiger partial charge in [-0.25, -0.2) is 13.1 Å². The number of hydrogen-bond donors (Lipinski definition) is 3. The standard InChI is InChI=1S/C19H31N3O3S/c1-3-4-7-17(13-20)21-19(23)15-11-10-14(2)18(12-15)26(24,25)22-16-8-5-6-9-16/h10-12,16-17,22H,3-9,13,20H2,1-2H3,(H,21,23). The Kier molecular flexibility index (Phi) is 7.61. The molecule has 146 valence electrons. The van der Waals surface area contributed by atoms with Gasteiger partial charge in [0.25, 0.3) is 5.91 Å². The molecule has 0 spiro atoms. The third-order valence-corrected chi connectivity index (χ3v) is 6.61. The first-order valence-corrected chi connectivity index (χ1v) is 11.0. The summed E-state index contributed by atoms with van der Waals surface area (Å²) in [6.45, 7) is 4.20. The van der Waals surface area contributed by atoms with Crippen LogP contribution in [-0.4, -0.2) is 33.0 Å². The highest BCUT2D eigenvalue weighted by Crippen LogP contribution is 2.22. The van der Waals surface area contributed by atoms with Crippen molar-refractivity contribution in [3.63, 3.8) is 0 Å². The summed E-state index contributed by atoms with van der Waals surface area (Å²) in [7, 11) is -3.63. The van der Waals surface area contributed by atoms with Gasteiger partial charge in [0.2, 0.25) is 10.0 Å². The van der Waals surface area contributed by atoms with E-state index in [1.165, 1.54) is 6.07 Å². The van der Waals surface area contributed by atoms with Gasteiger partial charge in [0, 0.05) is 24.2 Å². The number of sulfonamides is 1.